The van der Waals surface area contributed by atoms with Crippen LogP contribution in [0, 0.1) is 34.5 Å². The fourth-order valence-electron chi connectivity index (χ4n) is 4.36. The molecule has 30 heavy (non-hydrogen) atoms. The van der Waals surface area contributed by atoms with Crippen LogP contribution in [-0.2, 0) is 0 Å². The first-order chi connectivity index (χ1) is 14.5. The van der Waals surface area contributed by atoms with Crippen molar-refractivity contribution < 1.29 is 0 Å². The molecule has 0 amide bonds. The predicted octanol–water partition coefficient (Wildman–Crippen LogP) is 6.84. The first-order valence-electron chi connectivity index (χ1n) is 10.5. The summed E-state index contributed by atoms with van der Waals surface area (Å²) in [6.07, 6.45) is 10.7. The molecule has 3 nitrogen and oxygen atoms in total. The third-order valence-corrected chi connectivity index (χ3v) is 6.29. The van der Waals surface area contributed by atoms with Crippen LogP contribution in [0.4, 0.5) is 0 Å². The molecule has 1 aromatic carbocycles. The molecule has 1 heterocycles. The number of benzene rings is 1. The molecule has 0 aliphatic heterocycles. The fraction of sp³-hybridized carbons (Fsp3) is 0.296. The molecular formula is C27H29N3. The van der Waals surface area contributed by atoms with Gasteiger partial charge in [0.05, 0.1) is 17.3 Å². The first-order valence-corrected chi connectivity index (χ1v) is 10.5. The Balaban J connectivity index is 1.93. The summed E-state index contributed by atoms with van der Waals surface area (Å²) in [7, 11) is 0. The van der Waals surface area contributed by atoms with E-state index in [1.165, 1.54) is 17.4 Å². The average Bonchev–Trinajstić information content (AvgIpc) is 2.77. The summed E-state index contributed by atoms with van der Waals surface area (Å²) >= 11 is 0. The molecule has 0 saturated heterocycles. The van der Waals surface area contributed by atoms with E-state index in [0.717, 1.165) is 28.8 Å². The van der Waals surface area contributed by atoms with E-state index in [1.807, 2.05) is 48.7 Å². The lowest BCUT2D eigenvalue weighted by Gasteiger charge is -2.37. The summed E-state index contributed by atoms with van der Waals surface area (Å²) in [4.78, 5) is 4.70. The number of nitrogens with one attached hydrogen (secondary N) is 1. The number of nitrogens with zero attached hydrogens (tertiary/aromatic N) is 2. The highest BCUT2D eigenvalue weighted by molar-refractivity contribution is 5.73. The van der Waals surface area contributed by atoms with Crippen molar-refractivity contribution >= 4 is 11.8 Å². The summed E-state index contributed by atoms with van der Waals surface area (Å²) in [5, 5.41) is 16.9. The second-order valence-corrected chi connectivity index (χ2v) is 8.11. The number of pyridine rings is 1. The molecule has 3 atom stereocenters. The van der Waals surface area contributed by atoms with E-state index in [0.29, 0.717) is 23.3 Å². The molecule has 0 radical (unpaired) electrons. The van der Waals surface area contributed by atoms with E-state index in [2.05, 4.69) is 45.9 Å². The molecule has 1 fully saturated rings. The quantitative estimate of drug-likeness (QED) is 0.576. The lowest BCUT2D eigenvalue weighted by molar-refractivity contribution is 0.304. The van der Waals surface area contributed by atoms with Crippen LogP contribution in [0.1, 0.15) is 45.4 Å². The average molecular weight is 396 g/mol. The van der Waals surface area contributed by atoms with Crippen LogP contribution < -0.4 is 0 Å². The summed E-state index contributed by atoms with van der Waals surface area (Å²) < 4.78 is 0. The molecule has 3 rings (SSSR count). The van der Waals surface area contributed by atoms with Gasteiger partial charge in [-0.1, -0.05) is 50.3 Å². The monoisotopic (exact) mass is 395 g/mol. The maximum atomic E-state index is 9.36. The van der Waals surface area contributed by atoms with Crippen molar-refractivity contribution in [3.05, 3.63) is 83.2 Å². The summed E-state index contributed by atoms with van der Waals surface area (Å²) in [5.41, 5.74) is 7.21. The summed E-state index contributed by atoms with van der Waals surface area (Å²) in [6, 6.07) is 13.9. The Hall–Kier alpha value is -3.25. The molecule has 3 heteroatoms. The van der Waals surface area contributed by atoms with Crippen LogP contribution >= 0.6 is 0 Å². The van der Waals surface area contributed by atoms with Gasteiger partial charge in [-0.05, 0) is 67.0 Å². The van der Waals surface area contributed by atoms with Gasteiger partial charge in [-0.15, -0.1) is 0 Å². The highest BCUT2D eigenvalue weighted by Gasteiger charge is 2.31. The number of hydrogen-bond acceptors (Lipinski definition) is 3. The van der Waals surface area contributed by atoms with Crippen LogP contribution in [0.3, 0.4) is 0 Å². The van der Waals surface area contributed by atoms with Gasteiger partial charge < -0.3 is 5.41 Å². The van der Waals surface area contributed by atoms with Crippen LogP contribution in [0.25, 0.3) is 16.7 Å². The van der Waals surface area contributed by atoms with Crippen molar-refractivity contribution in [1.82, 2.24) is 4.98 Å². The smallest absolute Gasteiger partial charge is 0.0998 e. The number of rotatable bonds is 4. The van der Waals surface area contributed by atoms with Crippen LogP contribution in [0.2, 0.25) is 0 Å². The number of aromatic nitrogens is 1. The van der Waals surface area contributed by atoms with Crippen LogP contribution in [0.5, 0.6) is 0 Å². The van der Waals surface area contributed by atoms with Gasteiger partial charge in [-0.2, -0.15) is 5.26 Å². The molecule has 0 bridgehead atoms. The molecule has 1 aliphatic carbocycles. The lowest BCUT2D eigenvalue weighted by atomic mass is 9.68. The topological polar surface area (TPSA) is 60.5 Å². The van der Waals surface area contributed by atoms with Gasteiger partial charge in [-0.25, -0.2) is 0 Å². The zero-order valence-corrected chi connectivity index (χ0v) is 18.2. The molecular weight excluding hydrogens is 366 g/mol. The third kappa shape index (κ3) is 4.33. The minimum Gasteiger partial charge on any atom is -0.309 e. The van der Waals surface area contributed by atoms with E-state index in [-0.39, 0.29) is 0 Å². The van der Waals surface area contributed by atoms with Crippen molar-refractivity contribution in [2.45, 2.75) is 34.1 Å². The molecule has 152 valence electrons. The largest absolute Gasteiger partial charge is 0.309 e. The van der Waals surface area contributed by atoms with E-state index in [4.69, 9.17) is 10.4 Å². The van der Waals surface area contributed by atoms with Gasteiger partial charge in [0, 0.05) is 29.5 Å². The normalized spacial score (nSPS) is 24.6. The van der Waals surface area contributed by atoms with E-state index < -0.39 is 0 Å². The standard InChI is InChI=1S/C27H29N3/c1-5-24-21(12-13-28)14-18(2)20(4)26(24)15-19(3)27-11-10-23(17-30-27)25-9-7-6-8-22(25)16-29/h5-13,15,17-18,20,26,28H,14H2,1-4H3/b19-15+,21-12-,24-5+,28-13?/t18-,20+,26-/m0/s1. The SMILES string of the molecule is C/C=C1\C(=C/C=N)C[C@H](C)[C@@H](C)[C@@H]1/C=C(\C)c1ccc(-c2ccccc2C#N)cn1. The van der Waals surface area contributed by atoms with Gasteiger partial charge in [0.2, 0.25) is 0 Å². The number of allylic oxidation sites excluding steroid dienone is 6. The van der Waals surface area contributed by atoms with Gasteiger partial charge in [-0.3, -0.25) is 4.98 Å². The van der Waals surface area contributed by atoms with E-state index >= 15 is 0 Å². The highest BCUT2D eigenvalue weighted by atomic mass is 14.7. The van der Waals surface area contributed by atoms with Gasteiger partial charge in [0.15, 0.2) is 0 Å². The minimum absolute atomic E-state index is 0.311. The lowest BCUT2D eigenvalue weighted by Crippen LogP contribution is -2.27. The van der Waals surface area contributed by atoms with Gasteiger partial charge in [0.1, 0.15) is 0 Å². The van der Waals surface area contributed by atoms with Crippen molar-refractivity contribution in [2.75, 3.05) is 0 Å². The van der Waals surface area contributed by atoms with Gasteiger partial charge in [0.25, 0.3) is 0 Å². The molecule has 1 N–H and O–H groups in total. The van der Waals surface area contributed by atoms with Crippen molar-refractivity contribution in [1.29, 1.82) is 10.7 Å². The second kappa shape index (κ2) is 9.50. The molecule has 0 unspecified atom stereocenters. The Kier molecular flexibility index (Phi) is 6.79. The summed E-state index contributed by atoms with van der Waals surface area (Å²) in [5.74, 6) is 1.40. The Bertz CT molecular complexity index is 1050. The summed E-state index contributed by atoms with van der Waals surface area (Å²) in [6.45, 7) is 8.82. The Morgan fingerprint density at radius 2 is 1.97 bits per heavy atom. The Morgan fingerprint density at radius 1 is 1.20 bits per heavy atom. The highest BCUT2D eigenvalue weighted by Crippen LogP contribution is 2.43. The van der Waals surface area contributed by atoms with Crippen LogP contribution in [0.15, 0.2) is 72.0 Å². The first kappa shape index (κ1) is 21.5. The maximum absolute atomic E-state index is 9.36. The molecule has 1 saturated carbocycles. The molecule has 2 aromatic rings. The minimum atomic E-state index is 0.311. The second-order valence-electron chi connectivity index (χ2n) is 8.11. The fourth-order valence-corrected chi connectivity index (χ4v) is 4.36. The molecule has 0 spiro atoms. The zero-order valence-electron chi connectivity index (χ0n) is 18.2. The maximum Gasteiger partial charge on any atom is 0.0998 e. The van der Waals surface area contributed by atoms with Gasteiger partial charge >= 0.3 is 0 Å². The number of hydrogen-bond donors (Lipinski definition) is 1. The van der Waals surface area contributed by atoms with Crippen molar-refractivity contribution in [3.8, 4) is 17.2 Å². The van der Waals surface area contributed by atoms with E-state index in [1.54, 1.807) is 0 Å². The predicted molar refractivity (Wildman–Crippen MR) is 125 cm³/mol. The Labute approximate surface area is 180 Å². The molecule has 1 aliphatic rings. The number of nitriles is 1. The zero-order chi connectivity index (χ0) is 21.7. The van der Waals surface area contributed by atoms with E-state index in [9.17, 15) is 5.26 Å². The Morgan fingerprint density at radius 3 is 2.60 bits per heavy atom. The van der Waals surface area contributed by atoms with Crippen molar-refractivity contribution in [2.24, 2.45) is 17.8 Å². The third-order valence-electron chi connectivity index (χ3n) is 6.29. The van der Waals surface area contributed by atoms with Crippen LogP contribution in [-0.4, -0.2) is 11.2 Å². The molecule has 1 aromatic heterocycles. The van der Waals surface area contributed by atoms with Crippen molar-refractivity contribution in [3.63, 3.8) is 0 Å².